The van der Waals surface area contributed by atoms with Gasteiger partial charge in [0.2, 0.25) is 0 Å². The van der Waals surface area contributed by atoms with Crippen LogP contribution in [0.15, 0.2) is 0 Å². The summed E-state index contributed by atoms with van der Waals surface area (Å²) >= 11 is 0. The van der Waals surface area contributed by atoms with Crippen LogP contribution in [0.25, 0.3) is 0 Å². The highest BCUT2D eigenvalue weighted by Gasteiger charge is 2.50. The summed E-state index contributed by atoms with van der Waals surface area (Å²) in [5.74, 6) is -0.0891. The van der Waals surface area contributed by atoms with E-state index in [-0.39, 0.29) is 43.1 Å². The summed E-state index contributed by atoms with van der Waals surface area (Å²) in [7, 11) is 0. The smallest absolute Gasteiger partial charge is 0.390 e. The molecule has 0 radical (unpaired) electrons. The molecule has 5 N–H and O–H groups in total. The Hall–Kier alpha value is -0.410. The lowest BCUT2D eigenvalue weighted by Gasteiger charge is -2.54. The second-order valence-electron chi connectivity index (χ2n) is 11.3. The summed E-state index contributed by atoms with van der Waals surface area (Å²) in [6, 6.07) is 0.382. The fourth-order valence-electron chi connectivity index (χ4n) is 7.23. The highest BCUT2D eigenvalue weighted by molar-refractivity contribution is 5.04. The molecule has 2 heterocycles. The topological polar surface area (TPSA) is 68.3 Å². The van der Waals surface area contributed by atoms with Crippen LogP contribution in [-0.2, 0) is 0 Å². The maximum atomic E-state index is 13.3. The van der Waals surface area contributed by atoms with Gasteiger partial charge in [0.05, 0.1) is 23.9 Å². The standard InChI is InChI=1S/C24H43F3N4O/c1-14-11-19(23(32)7-9-28-10-8-23)13-20-21(14)30-16(3)31-22(20)29-15(2)17-5-4-6-18(12-17)24(25,26)27/h14-22,28-32H,4-13H2,1-3H3. The van der Waals surface area contributed by atoms with Gasteiger partial charge in [-0.25, -0.2) is 0 Å². The van der Waals surface area contributed by atoms with Gasteiger partial charge < -0.3 is 10.4 Å². The normalized spacial score (nSPS) is 44.0. The van der Waals surface area contributed by atoms with Crippen molar-refractivity contribution in [2.45, 2.75) is 108 Å². The van der Waals surface area contributed by atoms with E-state index in [1.165, 1.54) is 0 Å². The number of alkyl halides is 3. The first kappa shape index (κ1) is 24.7. The Morgan fingerprint density at radius 1 is 1.03 bits per heavy atom. The van der Waals surface area contributed by atoms with E-state index in [4.69, 9.17) is 0 Å². The zero-order valence-corrected chi connectivity index (χ0v) is 19.8. The van der Waals surface area contributed by atoms with Gasteiger partial charge in [-0.1, -0.05) is 13.3 Å². The van der Waals surface area contributed by atoms with Crippen LogP contribution in [0.3, 0.4) is 0 Å². The molecule has 0 aromatic carbocycles. The lowest BCUT2D eigenvalue weighted by molar-refractivity contribution is -0.186. The Bertz CT molecular complexity index is 627. The first-order chi connectivity index (χ1) is 15.1. The van der Waals surface area contributed by atoms with E-state index in [0.717, 1.165) is 45.2 Å². The Labute approximate surface area is 191 Å². The molecule has 2 saturated carbocycles. The predicted octanol–water partition coefficient (Wildman–Crippen LogP) is 3.34. The average molecular weight is 461 g/mol. The molecular weight excluding hydrogens is 417 g/mol. The Morgan fingerprint density at radius 3 is 2.44 bits per heavy atom. The van der Waals surface area contributed by atoms with Crippen molar-refractivity contribution in [1.82, 2.24) is 21.3 Å². The third-order valence-corrected chi connectivity index (χ3v) is 9.14. The highest BCUT2D eigenvalue weighted by atomic mass is 19.4. The maximum absolute atomic E-state index is 13.3. The van der Waals surface area contributed by atoms with Crippen molar-refractivity contribution in [3.8, 4) is 0 Å². The van der Waals surface area contributed by atoms with Gasteiger partial charge in [0.15, 0.2) is 0 Å². The summed E-state index contributed by atoms with van der Waals surface area (Å²) in [6.45, 7) is 8.20. The fourth-order valence-corrected chi connectivity index (χ4v) is 7.23. The molecule has 0 bridgehead atoms. The lowest BCUT2D eigenvalue weighted by atomic mass is 9.63. The van der Waals surface area contributed by atoms with Crippen LogP contribution in [0.2, 0.25) is 0 Å². The van der Waals surface area contributed by atoms with Gasteiger partial charge in [-0.2, -0.15) is 13.2 Å². The van der Waals surface area contributed by atoms with Gasteiger partial charge in [-0.15, -0.1) is 0 Å². The second kappa shape index (κ2) is 9.68. The van der Waals surface area contributed by atoms with Gasteiger partial charge in [0.1, 0.15) is 0 Å². The Kier molecular flexibility index (Phi) is 7.48. The summed E-state index contributed by atoms with van der Waals surface area (Å²) < 4.78 is 40.0. The average Bonchev–Trinajstić information content (AvgIpc) is 2.74. The summed E-state index contributed by atoms with van der Waals surface area (Å²) in [5, 5.41) is 25.9. The van der Waals surface area contributed by atoms with E-state index in [1.807, 2.05) is 0 Å². The number of piperidine rings is 1. The Morgan fingerprint density at radius 2 is 1.75 bits per heavy atom. The van der Waals surface area contributed by atoms with E-state index in [2.05, 4.69) is 42.0 Å². The van der Waals surface area contributed by atoms with E-state index >= 15 is 0 Å². The number of nitrogens with one attached hydrogen (secondary N) is 4. The molecule has 4 rings (SSSR count). The van der Waals surface area contributed by atoms with Crippen molar-refractivity contribution >= 4 is 0 Å². The molecule has 0 aromatic heterocycles. The fraction of sp³-hybridized carbons (Fsp3) is 1.00. The van der Waals surface area contributed by atoms with Crippen LogP contribution < -0.4 is 21.3 Å². The van der Waals surface area contributed by atoms with Crippen molar-refractivity contribution in [2.75, 3.05) is 13.1 Å². The van der Waals surface area contributed by atoms with Crippen LogP contribution >= 0.6 is 0 Å². The molecule has 0 aromatic rings. The molecule has 9 atom stereocenters. The first-order valence-corrected chi connectivity index (χ1v) is 12.8. The van der Waals surface area contributed by atoms with Crippen LogP contribution in [0.1, 0.15) is 72.1 Å². The van der Waals surface area contributed by atoms with E-state index in [9.17, 15) is 18.3 Å². The number of hydrogen-bond acceptors (Lipinski definition) is 5. The second-order valence-corrected chi connectivity index (χ2v) is 11.3. The lowest BCUT2D eigenvalue weighted by Crippen LogP contribution is -2.71. The third kappa shape index (κ3) is 5.29. The van der Waals surface area contributed by atoms with E-state index in [1.54, 1.807) is 0 Å². The molecule has 32 heavy (non-hydrogen) atoms. The van der Waals surface area contributed by atoms with Gasteiger partial charge in [-0.05, 0) is 89.6 Å². The minimum Gasteiger partial charge on any atom is -0.390 e. The summed E-state index contributed by atoms with van der Waals surface area (Å²) in [4.78, 5) is 0. The SMILES string of the molecule is CC1NC(NC(C)C2CCCC(C(F)(F)F)C2)C2CC(C3(O)CCNCC3)CC(C)C2N1. The maximum Gasteiger partial charge on any atom is 0.391 e. The molecule has 4 aliphatic rings. The molecule has 8 heteroatoms. The van der Waals surface area contributed by atoms with Crippen molar-refractivity contribution in [3.63, 3.8) is 0 Å². The molecule has 2 aliphatic heterocycles. The van der Waals surface area contributed by atoms with Crippen LogP contribution in [0.4, 0.5) is 13.2 Å². The minimum atomic E-state index is -4.08. The largest absolute Gasteiger partial charge is 0.391 e. The predicted molar refractivity (Wildman–Crippen MR) is 120 cm³/mol. The summed E-state index contributed by atoms with van der Waals surface area (Å²) in [5.41, 5.74) is -0.604. The van der Waals surface area contributed by atoms with Crippen molar-refractivity contribution < 1.29 is 18.3 Å². The molecular formula is C24H43F3N4O. The zero-order valence-electron chi connectivity index (χ0n) is 19.8. The van der Waals surface area contributed by atoms with Gasteiger partial charge in [0.25, 0.3) is 0 Å². The molecule has 186 valence electrons. The van der Waals surface area contributed by atoms with Gasteiger partial charge >= 0.3 is 6.18 Å². The molecule has 0 spiro atoms. The Balaban J connectivity index is 1.45. The number of fused-ring (bicyclic) bond motifs is 1. The molecule has 5 nitrogen and oxygen atoms in total. The molecule has 0 amide bonds. The first-order valence-electron chi connectivity index (χ1n) is 12.8. The molecule has 2 aliphatic carbocycles. The van der Waals surface area contributed by atoms with Gasteiger partial charge in [0, 0.05) is 18.0 Å². The van der Waals surface area contributed by atoms with Gasteiger partial charge in [-0.3, -0.25) is 16.0 Å². The quantitative estimate of drug-likeness (QED) is 0.445. The van der Waals surface area contributed by atoms with Crippen molar-refractivity contribution in [3.05, 3.63) is 0 Å². The highest BCUT2D eigenvalue weighted by Crippen LogP contribution is 2.45. The van der Waals surface area contributed by atoms with Crippen molar-refractivity contribution in [2.24, 2.45) is 29.6 Å². The van der Waals surface area contributed by atoms with Crippen LogP contribution in [0.5, 0.6) is 0 Å². The zero-order chi connectivity index (χ0) is 23.1. The number of aliphatic hydroxyl groups is 1. The van der Waals surface area contributed by atoms with E-state index in [0.29, 0.717) is 24.3 Å². The molecule has 2 saturated heterocycles. The van der Waals surface area contributed by atoms with Crippen LogP contribution in [0, 0.1) is 29.6 Å². The third-order valence-electron chi connectivity index (χ3n) is 9.14. The minimum absolute atomic E-state index is 0.0289. The summed E-state index contributed by atoms with van der Waals surface area (Å²) in [6.07, 6.45) is 1.71. The van der Waals surface area contributed by atoms with Crippen molar-refractivity contribution in [1.29, 1.82) is 0 Å². The van der Waals surface area contributed by atoms with Crippen LogP contribution in [-0.4, -0.2) is 54.4 Å². The number of halogens is 3. The molecule has 9 unspecified atom stereocenters. The monoisotopic (exact) mass is 460 g/mol. The molecule has 4 fully saturated rings. The number of hydrogen-bond donors (Lipinski definition) is 5. The van der Waals surface area contributed by atoms with E-state index < -0.39 is 17.7 Å². The number of rotatable bonds is 4.